The topological polar surface area (TPSA) is 66.8 Å². The van der Waals surface area contributed by atoms with Crippen LogP contribution in [0.2, 0.25) is 0 Å². The van der Waals surface area contributed by atoms with Crippen molar-refractivity contribution in [3.8, 4) is 0 Å². The van der Waals surface area contributed by atoms with Crippen molar-refractivity contribution in [3.63, 3.8) is 0 Å². The van der Waals surface area contributed by atoms with Crippen LogP contribution in [0.1, 0.15) is 45.4 Å². The van der Waals surface area contributed by atoms with E-state index in [-0.39, 0.29) is 0 Å². The molecule has 124 valence electrons. The molecular formula is C17H26N6. The van der Waals surface area contributed by atoms with Gasteiger partial charge in [-0.05, 0) is 19.8 Å². The summed E-state index contributed by atoms with van der Waals surface area (Å²) in [6.45, 7) is 8.29. The molecule has 0 spiro atoms. The Morgan fingerprint density at radius 1 is 0.826 bits per heavy atom. The molecule has 6 nitrogen and oxygen atoms in total. The summed E-state index contributed by atoms with van der Waals surface area (Å²) in [6, 6.07) is 0. The molecule has 0 bridgehead atoms. The maximum Gasteiger partial charge on any atom is 0.225 e. The highest BCUT2D eigenvalue weighted by molar-refractivity contribution is 5.56. The van der Waals surface area contributed by atoms with Crippen LogP contribution in [0.25, 0.3) is 0 Å². The fourth-order valence-corrected chi connectivity index (χ4v) is 2.18. The van der Waals surface area contributed by atoms with E-state index in [2.05, 4.69) is 44.0 Å². The van der Waals surface area contributed by atoms with Crippen LogP contribution in [0, 0.1) is 6.92 Å². The molecule has 2 rings (SSSR count). The summed E-state index contributed by atoms with van der Waals surface area (Å²) in [5.74, 6) is 1.56. The summed E-state index contributed by atoms with van der Waals surface area (Å²) in [6.07, 6.45) is 11.8. The van der Waals surface area contributed by atoms with Crippen LogP contribution in [-0.4, -0.2) is 33.0 Å². The Balaban J connectivity index is 2.02. The summed E-state index contributed by atoms with van der Waals surface area (Å²) in [7, 11) is 0. The first-order valence-electron chi connectivity index (χ1n) is 8.35. The van der Waals surface area contributed by atoms with Crippen molar-refractivity contribution in [2.24, 2.45) is 0 Å². The molecular weight excluding hydrogens is 288 g/mol. The maximum atomic E-state index is 4.51. The smallest absolute Gasteiger partial charge is 0.225 e. The Kier molecular flexibility index (Phi) is 6.72. The van der Waals surface area contributed by atoms with Gasteiger partial charge in [0.25, 0.3) is 0 Å². The van der Waals surface area contributed by atoms with Gasteiger partial charge in [0, 0.05) is 13.1 Å². The molecule has 0 saturated carbocycles. The van der Waals surface area contributed by atoms with Crippen molar-refractivity contribution in [3.05, 3.63) is 30.6 Å². The summed E-state index contributed by atoms with van der Waals surface area (Å²) in [5.41, 5.74) is 1.67. The van der Waals surface area contributed by atoms with Crippen LogP contribution in [0.3, 0.4) is 0 Å². The van der Waals surface area contributed by atoms with E-state index in [1.54, 1.807) is 12.4 Å². The number of hydrogen-bond acceptors (Lipinski definition) is 6. The monoisotopic (exact) mass is 314 g/mol. The number of nitrogens with one attached hydrogen (secondary N) is 1. The Hall–Kier alpha value is -2.24. The Labute approximate surface area is 138 Å². The number of rotatable bonds is 9. The van der Waals surface area contributed by atoms with Crippen molar-refractivity contribution in [2.45, 2.75) is 46.5 Å². The molecule has 0 aliphatic rings. The maximum absolute atomic E-state index is 4.51. The van der Waals surface area contributed by atoms with E-state index in [4.69, 9.17) is 0 Å². The molecule has 2 heterocycles. The molecule has 23 heavy (non-hydrogen) atoms. The third-order valence-electron chi connectivity index (χ3n) is 3.55. The standard InChI is InChI=1S/C17H26N6/c1-4-6-8-23(9-7-5-2)17-20-12-16(13-21-17)22-15-10-18-14(3)19-11-15/h10-13,22H,4-9H2,1-3H3. The molecule has 0 aliphatic carbocycles. The number of aromatic nitrogens is 4. The van der Waals surface area contributed by atoms with E-state index in [1.807, 2.05) is 19.3 Å². The van der Waals surface area contributed by atoms with E-state index >= 15 is 0 Å². The quantitative estimate of drug-likeness (QED) is 0.761. The second-order valence-electron chi connectivity index (χ2n) is 5.61. The first-order valence-corrected chi connectivity index (χ1v) is 8.35. The molecule has 2 aromatic rings. The van der Waals surface area contributed by atoms with Crippen molar-refractivity contribution < 1.29 is 0 Å². The Bertz CT molecular complexity index is 559. The van der Waals surface area contributed by atoms with Crippen LogP contribution >= 0.6 is 0 Å². The average Bonchev–Trinajstić information content (AvgIpc) is 2.58. The zero-order valence-electron chi connectivity index (χ0n) is 14.3. The van der Waals surface area contributed by atoms with Gasteiger partial charge >= 0.3 is 0 Å². The van der Waals surface area contributed by atoms with Gasteiger partial charge in [0.1, 0.15) is 5.82 Å². The third kappa shape index (κ3) is 5.47. The molecule has 0 saturated heterocycles. The van der Waals surface area contributed by atoms with Crippen molar-refractivity contribution in [1.29, 1.82) is 0 Å². The molecule has 0 fully saturated rings. The molecule has 2 aromatic heterocycles. The number of hydrogen-bond donors (Lipinski definition) is 1. The predicted octanol–water partition coefficient (Wildman–Crippen LogP) is 3.73. The number of unbranched alkanes of at least 4 members (excludes halogenated alkanes) is 2. The van der Waals surface area contributed by atoms with E-state index in [9.17, 15) is 0 Å². The molecule has 1 N–H and O–H groups in total. The molecule has 0 aromatic carbocycles. The lowest BCUT2D eigenvalue weighted by molar-refractivity contribution is 0.663. The van der Waals surface area contributed by atoms with Crippen molar-refractivity contribution in [1.82, 2.24) is 19.9 Å². The van der Waals surface area contributed by atoms with Gasteiger partial charge in [-0.15, -0.1) is 0 Å². The second kappa shape index (κ2) is 9.02. The van der Waals surface area contributed by atoms with Crippen LogP contribution in [0.5, 0.6) is 0 Å². The van der Waals surface area contributed by atoms with E-state index < -0.39 is 0 Å². The molecule has 6 heteroatoms. The van der Waals surface area contributed by atoms with Crippen molar-refractivity contribution >= 4 is 17.3 Å². The fraction of sp³-hybridized carbons (Fsp3) is 0.529. The fourth-order valence-electron chi connectivity index (χ4n) is 2.18. The highest BCUT2D eigenvalue weighted by Crippen LogP contribution is 2.16. The minimum Gasteiger partial charge on any atom is -0.350 e. The Morgan fingerprint density at radius 2 is 1.30 bits per heavy atom. The van der Waals surface area contributed by atoms with Gasteiger partial charge in [-0.25, -0.2) is 19.9 Å². The molecule has 0 unspecified atom stereocenters. The minimum atomic E-state index is 0.754. The number of aryl methyl sites for hydroxylation is 1. The SMILES string of the molecule is CCCCN(CCCC)c1ncc(Nc2cnc(C)nc2)cn1. The lowest BCUT2D eigenvalue weighted by Gasteiger charge is -2.22. The Morgan fingerprint density at radius 3 is 1.78 bits per heavy atom. The molecule has 0 radical (unpaired) electrons. The highest BCUT2D eigenvalue weighted by Gasteiger charge is 2.08. The zero-order chi connectivity index (χ0) is 16.5. The minimum absolute atomic E-state index is 0.754. The third-order valence-corrected chi connectivity index (χ3v) is 3.55. The summed E-state index contributed by atoms with van der Waals surface area (Å²) in [4.78, 5) is 19.6. The van der Waals surface area contributed by atoms with Crippen LogP contribution in [0.15, 0.2) is 24.8 Å². The molecule has 0 aliphatic heterocycles. The normalized spacial score (nSPS) is 10.6. The van der Waals surface area contributed by atoms with Gasteiger partial charge in [0.2, 0.25) is 5.95 Å². The summed E-state index contributed by atoms with van der Waals surface area (Å²) >= 11 is 0. The number of anilines is 3. The van der Waals surface area contributed by atoms with Gasteiger partial charge in [-0.3, -0.25) is 0 Å². The second-order valence-corrected chi connectivity index (χ2v) is 5.61. The van der Waals surface area contributed by atoms with E-state index in [0.29, 0.717) is 0 Å². The van der Waals surface area contributed by atoms with E-state index in [1.165, 1.54) is 12.8 Å². The largest absolute Gasteiger partial charge is 0.350 e. The molecule has 0 atom stereocenters. The highest BCUT2D eigenvalue weighted by atomic mass is 15.2. The zero-order valence-corrected chi connectivity index (χ0v) is 14.3. The first kappa shape index (κ1) is 17.1. The van der Waals surface area contributed by atoms with Crippen molar-refractivity contribution in [2.75, 3.05) is 23.3 Å². The van der Waals surface area contributed by atoms with Gasteiger partial charge < -0.3 is 10.2 Å². The van der Waals surface area contributed by atoms with Gasteiger partial charge in [-0.2, -0.15) is 0 Å². The lowest BCUT2D eigenvalue weighted by atomic mass is 10.3. The lowest BCUT2D eigenvalue weighted by Crippen LogP contribution is -2.27. The summed E-state index contributed by atoms with van der Waals surface area (Å²) < 4.78 is 0. The van der Waals surface area contributed by atoms with E-state index in [0.717, 1.165) is 49.1 Å². The van der Waals surface area contributed by atoms with Gasteiger partial charge in [-0.1, -0.05) is 26.7 Å². The predicted molar refractivity (Wildman–Crippen MR) is 94.1 cm³/mol. The first-order chi connectivity index (χ1) is 11.2. The van der Waals surface area contributed by atoms with Crippen LogP contribution < -0.4 is 10.2 Å². The van der Waals surface area contributed by atoms with Crippen LogP contribution in [-0.2, 0) is 0 Å². The summed E-state index contributed by atoms with van der Waals surface area (Å²) in [5, 5.41) is 3.22. The number of nitrogens with zero attached hydrogens (tertiary/aromatic N) is 5. The van der Waals surface area contributed by atoms with Gasteiger partial charge in [0.05, 0.1) is 36.2 Å². The van der Waals surface area contributed by atoms with Crippen LogP contribution in [0.4, 0.5) is 17.3 Å². The molecule has 0 amide bonds. The van der Waals surface area contributed by atoms with Gasteiger partial charge in [0.15, 0.2) is 0 Å². The average molecular weight is 314 g/mol.